The minimum Gasteiger partial charge on any atom is -0.484 e. The molecule has 1 fully saturated rings. The van der Waals surface area contributed by atoms with Crippen molar-refractivity contribution < 1.29 is 17.9 Å². The summed E-state index contributed by atoms with van der Waals surface area (Å²) in [6.07, 6.45) is 1.18. The van der Waals surface area contributed by atoms with Crippen molar-refractivity contribution in [2.24, 2.45) is 0 Å². The maximum atomic E-state index is 12.8. The highest BCUT2D eigenvalue weighted by Crippen LogP contribution is 2.19. The number of rotatable bonds is 7. The first-order chi connectivity index (χ1) is 12.9. The van der Waals surface area contributed by atoms with Crippen molar-refractivity contribution in [1.82, 2.24) is 4.90 Å². The van der Waals surface area contributed by atoms with Crippen molar-refractivity contribution >= 4 is 15.7 Å². The molecule has 0 spiro atoms. The number of amides is 1. The summed E-state index contributed by atoms with van der Waals surface area (Å²) in [5.74, 6) is 0.647. The fourth-order valence-corrected chi connectivity index (χ4v) is 5.02. The number of carbonyl (C=O) groups excluding carboxylic acids is 1. The van der Waals surface area contributed by atoms with E-state index < -0.39 is 9.84 Å². The first-order valence-corrected chi connectivity index (χ1v) is 11.0. The smallest absolute Gasteiger partial charge is 0.260 e. The van der Waals surface area contributed by atoms with Gasteiger partial charge in [-0.3, -0.25) is 4.79 Å². The Kier molecular flexibility index (Phi) is 6.16. The predicted molar refractivity (Wildman–Crippen MR) is 106 cm³/mol. The molecule has 27 heavy (non-hydrogen) atoms. The van der Waals surface area contributed by atoms with Crippen molar-refractivity contribution in [3.8, 4) is 5.75 Å². The monoisotopic (exact) mass is 387 g/mol. The van der Waals surface area contributed by atoms with E-state index in [0.717, 1.165) is 11.1 Å². The zero-order valence-electron chi connectivity index (χ0n) is 15.5. The summed E-state index contributed by atoms with van der Waals surface area (Å²) in [6.45, 7) is 2.38. The molecule has 1 aliphatic heterocycles. The molecule has 6 heteroatoms. The van der Waals surface area contributed by atoms with Gasteiger partial charge in [0.15, 0.2) is 16.4 Å². The molecule has 1 amide bonds. The van der Waals surface area contributed by atoms with Crippen LogP contribution in [0.3, 0.4) is 0 Å². The van der Waals surface area contributed by atoms with Gasteiger partial charge < -0.3 is 9.64 Å². The molecule has 0 N–H and O–H groups in total. The third kappa shape index (κ3) is 5.57. The molecule has 0 bridgehead atoms. The second-order valence-corrected chi connectivity index (χ2v) is 9.21. The highest BCUT2D eigenvalue weighted by atomic mass is 32.2. The minimum absolute atomic E-state index is 0.0397. The van der Waals surface area contributed by atoms with E-state index >= 15 is 0 Å². The van der Waals surface area contributed by atoms with Crippen molar-refractivity contribution in [3.05, 3.63) is 65.7 Å². The number of sulfone groups is 1. The Balaban J connectivity index is 1.66. The largest absolute Gasteiger partial charge is 0.484 e. The number of hydrogen-bond acceptors (Lipinski definition) is 4. The van der Waals surface area contributed by atoms with E-state index in [9.17, 15) is 13.2 Å². The predicted octanol–water partition coefficient (Wildman–Crippen LogP) is 2.63. The van der Waals surface area contributed by atoms with Crippen LogP contribution in [-0.2, 0) is 21.1 Å². The molecule has 0 aliphatic carbocycles. The highest BCUT2D eigenvalue weighted by Gasteiger charge is 2.34. The summed E-state index contributed by atoms with van der Waals surface area (Å²) < 4.78 is 29.4. The molecule has 144 valence electrons. The lowest BCUT2D eigenvalue weighted by Crippen LogP contribution is -2.44. The summed E-state index contributed by atoms with van der Waals surface area (Å²) in [7, 11) is -3.06. The maximum Gasteiger partial charge on any atom is 0.260 e. The van der Waals surface area contributed by atoms with Crippen LogP contribution in [0.25, 0.3) is 0 Å². The van der Waals surface area contributed by atoms with E-state index in [1.807, 2.05) is 61.5 Å². The third-order valence-corrected chi connectivity index (χ3v) is 6.59. The van der Waals surface area contributed by atoms with E-state index in [1.54, 1.807) is 4.90 Å². The van der Waals surface area contributed by atoms with Gasteiger partial charge >= 0.3 is 0 Å². The Morgan fingerprint density at radius 1 is 1.11 bits per heavy atom. The molecule has 1 unspecified atom stereocenters. The van der Waals surface area contributed by atoms with Crippen LogP contribution < -0.4 is 4.74 Å². The fraction of sp³-hybridized carbons (Fsp3) is 0.381. The number of aryl methyl sites for hydroxylation is 1. The fourth-order valence-electron chi connectivity index (χ4n) is 3.29. The van der Waals surface area contributed by atoms with Gasteiger partial charge in [-0.05, 0) is 37.5 Å². The van der Waals surface area contributed by atoms with Crippen LogP contribution in [0.2, 0.25) is 0 Å². The molecule has 3 rings (SSSR count). The molecule has 0 radical (unpaired) electrons. The highest BCUT2D eigenvalue weighted by molar-refractivity contribution is 7.91. The van der Waals surface area contributed by atoms with E-state index in [4.69, 9.17) is 4.74 Å². The first kappa shape index (κ1) is 19.4. The second kappa shape index (κ2) is 8.57. The van der Waals surface area contributed by atoms with Gasteiger partial charge in [-0.2, -0.15) is 0 Å². The van der Waals surface area contributed by atoms with Crippen molar-refractivity contribution in [2.75, 3.05) is 24.7 Å². The van der Waals surface area contributed by atoms with Crippen LogP contribution in [0.1, 0.15) is 17.5 Å². The molecule has 0 saturated carbocycles. The van der Waals surface area contributed by atoms with Crippen LogP contribution >= 0.6 is 0 Å². The molecule has 0 aromatic heterocycles. The molecular weight excluding hydrogens is 362 g/mol. The zero-order chi connectivity index (χ0) is 19.3. The SMILES string of the molecule is Cc1ccc(OCC(=O)N(CCc2ccccc2)C2CCS(=O)(=O)C2)cc1. The van der Waals surface area contributed by atoms with E-state index in [2.05, 4.69) is 0 Å². The number of benzene rings is 2. The summed E-state index contributed by atoms with van der Waals surface area (Å²) in [6, 6.07) is 17.1. The van der Waals surface area contributed by atoms with Crippen molar-refractivity contribution in [3.63, 3.8) is 0 Å². The number of carbonyl (C=O) groups is 1. The second-order valence-electron chi connectivity index (χ2n) is 6.98. The molecule has 2 aromatic carbocycles. The van der Waals surface area contributed by atoms with Crippen LogP contribution in [0.4, 0.5) is 0 Å². The molecule has 1 heterocycles. The van der Waals surface area contributed by atoms with Crippen molar-refractivity contribution in [1.29, 1.82) is 0 Å². The molecular formula is C21H25NO4S. The summed E-state index contributed by atoms with van der Waals surface area (Å²) in [4.78, 5) is 14.5. The van der Waals surface area contributed by atoms with E-state index in [0.29, 0.717) is 25.1 Å². The van der Waals surface area contributed by atoms with Gasteiger partial charge in [-0.25, -0.2) is 8.42 Å². The Hall–Kier alpha value is -2.34. The number of hydrogen-bond donors (Lipinski definition) is 0. The first-order valence-electron chi connectivity index (χ1n) is 9.16. The Labute approximate surface area is 160 Å². The van der Waals surface area contributed by atoms with Crippen molar-refractivity contribution in [2.45, 2.75) is 25.8 Å². The summed E-state index contributed by atoms with van der Waals surface area (Å²) in [5, 5.41) is 0. The quantitative estimate of drug-likeness (QED) is 0.733. The molecule has 5 nitrogen and oxygen atoms in total. The lowest BCUT2D eigenvalue weighted by molar-refractivity contribution is -0.135. The van der Waals surface area contributed by atoms with Gasteiger partial charge in [-0.15, -0.1) is 0 Å². The summed E-state index contributed by atoms with van der Waals surface area (Å²) >= 11 is 0. The average Bonchev–Trinajstić information content (AvgIpc) is 3.02. The van der Waals surface area contributed by atoms with Gasteiger partial charge in [-0.1, -0.05) is 48.0 Å². The number of nitrogens with zero attached hydrogens (tertiary/aromatic N) is 1. The Bertz CT molecular complexity index is 863. The molecule has 1 aliphatic rings. The summed E-state index contributed by atoms with van der Waals surface area (Å²) in [5.41, 5.74) is 2.24. The van der Waals surface area contributed by atoms with Gasteiger partial charge in [0.25, 0.3) is 5.91 Å². The van der Waals surface area contributed by atoms with Gasteiger partial charge in [0, 0.05) is 12.6 Å². The molecule has 1 atom stereocenters. The van der Waals surface area contributed by atoms with Crippen LogP contribution in [-0.4, -0.2) is 49.9 Å². The topological polar surface area (TPSA) is 63.7 Å². The number of ether oxygens (including phenoxy) is 1. The lowest BCUT2D eigenvalue weighted by atomic mass is 10.1. The van der Waals surface area contributed by atoms with Crippen LogP contribution in [0, 0.1) is 6.92 Å². The average molecular weight is 388 g/mol. The lowest BCUT2D eigenvalue weighted by Gasteiger charge is -2.28. The van der Waals surface area contributed by atoms with Crippen LogP contribution in [0.15, 0.2) is 54.6 Å². The molecule has 2 aromatic rings. The Morgan fingerprint density at radius 2 is 1.81 bits per heavy atom. The minimum atomic E-state index is -3.06. The third-order valence-electron chi connectivity index (χ3n) is 4.84. The van der Waals surface area contributed by atoms with E-state index in [1.165, 1.54) is 0 Å². The zero-order valence-corrected chi connectivity index (χ0v) is 16.3. The van der Waals surface area contributed by atoms with Gasteiger partial charge in [0.05, 0.1) is 11.5 Å². The normalized spacial score (nSPS) is 18.2. The van der Waals surface area contributed by atoms with Crippen LogP contribution in [0.5, 0.6) is 5.75 Å². The van der Waals surface area contributed by atoms with Gasteiger partial charge in [0.2, 0.25) is 0 Å². The molecule has 1 saturated heterocycles. The maximum absolute atomic E-state index is 12.8. The van der Waals surface area contributed by atoms with Gasteiger partial charge in [0.1, 0.15) is 5.75 Å². The Morgan fingerprint density at radius 3 is 2.44 bits per heavy atom. The van der Waals surface area contributed by atoms with E-state index in [-0.39, 0.29) is 30.1 Å². The standard InChI is InChI=1S/C21H25NO4S/c1-17-7-9-20(10-8-17)26-15-21(23)22(19-12-14-27(24,25)16-19)13-11-18-5-3-2-4-6-18/h2-10,19H,11-16H2,1H3.